The van der Waals surface area contributed by atoms with Gasteiger partial charge < -0.3 is 11.1 Å². The third-order valence-electron chi connectivity index (χ3n) is 3.96. The number of amides is 1. The van der Waals surface area contributed by atoms with Gasteiger partial charge in [-0.2, -0.15) is 0 Å². The van der Waals surface area contributed by atoms with Crippen molar-refractivity contribution in [1.29, 1.82) is 0 Å². The molecule has 1 aliphatic carbocycles. The maximum absolute atomic E-state index is 12.1. The van der Waals surface area contributed by atoms with E-state index < -0.39 is 0 Å². The summed E-state index contributed by atoms with van der Waals surface area (Å²) in [6.45, 7) is 4.64. The highest BCUT2D eigenvalue weighted by Gasteiger charge is 2.36. The quantitative estimate of drug-likeness (QED) is 0.851. The first-order valence-electron chi connectivity index (χ1n) is 6.62. The molecule has 3 nitrogen and oxygen atoms in total. The van der Waals surface area contributed by atoms with Crippen LogP contribution in [0.15, 0.2) is 18.2 Å². The van der Waals surface area contributed by atoms with Crippen molar-refractivity contribution in [3.8, 4) is 0 Å². The second-order valence-electron chi connectivity index (χ2n) is 5.49. The van der Waals surface area contributed by atoms with Crippen LogP contribution in [-0.2, 0) is 11.2 Å². The Bertz CT molecular complexity index is 444. The summed E-state index contributed by atoms with van der Waals surface area (Å²) in [5.41, 5.74) is 9.11. The van der Waals surface area contributed by atoms with E-state index in [4.69, 9.17) is 5.73 Å². The summed E-state index contributed by atoms with van der Waals surface area (Å²) < 4.78 is 0. The molecule has 0 spiro atoms. The van der Waals surface area contributed by atoms with Gasteiger partial charge in [0.15, 0.2) is 0 Å². The van der Waals surface area contributed by atoms with E-state index in [2.05, 4.69) is 23.5 Å². The molecule has 2 rings (SSSR count). The highest BCUT2D eigenvalue weighted by atomic mass is 16.1. The smallest absolute Gasteiger partial charge is 0.224 e. The molecule has 0 radical (unpaired) electrons. The molecule has 1 aromatic rings. The zero-order chi connectivity index (χ0) is 13.2. The van der Waals surface area contributed by atoms with Gasteiger partial charge in [0.2, 0.25) is 5.91 Å². The number of carbonyl (C=O) groups is 1. The molecule has 18 heavy (non-hydrogen) atoms. The van der Waals surface area contributed by atoms with Gasteiger partial charge in [-0.3, -0.25) is 4.79 Å². The third kappa shape index (κ3) is 2.72. The number of hydrogen-bond donors (Lipinski definition) is 2. The Morgan fingerprint density at radius 1 is 1.39 bits per heavy atom. The molecule has 1 fully saturated rings. The molecule has 0 aromatic heterocycles. The van der Waals surface area contributed by atoms with Crippen LogP contribution >= 0.6 is 0 Å². The lowest BCUT2D eigenvalue weighted by molar-refractivity contribution is -0.123. The molecule has 1 amide bonds. The second kappa shape index (κ2) is 5.11. The van der Waals surface area contributed by atoms with E-state index in [0.29, 0.717) is 13.0 Å². The molecule has 0 bridgehead atoms. The number of carbonyl (C=O) groups excluding carboxylic acids is 1. The summed E-state index contributed by atoms with van der Waals surface area (Å²) in [6, 6.07) is 6.23. The normalized spacial score (nSPS) is 17.1. The van der Waals surface area contributed by atoms with Gasteiger partial charge in [0.05, 0.1) is 12.0 Å². The van der Waals surface area contributed by atoms with Gasteiger partial charge in [0, 0.05) is 6.54 Å². The van der Waals surface area contributed by atoms with Crippen LogP contribution in [0.4, 0.5) is 0 Å². The summed E-state index contributed by atoms with van der Waals surface area (Å²) >= 11 is 0. The molecule has 98 valence electrons. The lowest BCUT2D eigenvalue weighted by Gasteiger charge is -2.41. The molecule has 3 heteroatoms. The van der Waals surface area contributed by atoms with Crippen molar-refractivity contribution in [2.75, 3.05) is 6.54 Å². The Hall–Kier alpha value is -1.35. The van der Waals surface area contributed by atoms with Crippen molar-refractivity contribution in [3.05, 3.63) is 34.9 Å². The maximum Gasteiger partial charge on any atom is 0.224 e. The van der Waals surface area contributed by atoms with Gasteiger partial charge in [-0.25, -0.2) is 0 Å². The van der Waals surface area contributed by atoms with Crippen LogP contribution in [0.1, 0.15) is 36.0 Å². The van der Waals surface area contributed by atoms with Crippen molar-refractivity contribution >= 4 is 5.91 Å². The predicted molar refractivity (Wildman–Crippen MR) is 73.4 cm³/mol. The lowest BCUT2D eigenvalue weighted by Crippen LogP contribution is -2.58. The summed E-state index contributed by atoms with van der Waals surface area (Å²) in [5.74, 6) is 0.0915. The number of hydrogen-bond acceptors (Lipinski definition) is 2. The van der Waals surface area contributed by atoms with Gasteiger partial charge >= 0.3 is 0 Å². The Balaban J connectivity index is 2.00. The number of nitrogens with two attached hydrogens (primary N) is 1. The molecular formula is C15H22N2O. The van der Waals surface area contributed by atoms with E-state index in [1.807, 2.05) is 13.8 Å². The van der Waals surface area contributed by atoms with Crippen LogP contribution in [-0.4, -0.2) is 18.0 Å². The minimum atomic E-state index is -0.116. The largest absolute Gasteiger partial charge is 0.349 e. The monoisotopic (exact) mass is 246 g/mol. The van der Waals surface area contributed by atoms with Crippen LogP contribution in [0.5, 0.6) is 0 Å². The number of aryl methyl sites for hydroxylation is 2. The van der Waals surface area contributed by atoms with Gasteiger partial charge in [-0.15, -0.1) is 0 Å². The molecule has 0 aliphatic heterocycles. The van der Waals surface area contributed by atoms with Gasteiger partial charge in [0.1, 0.15) is 0 Å². The first kappa shape index (κ1) is 13.1. The van der Waals surface area contributed by atoms with E-state index in [-0.39, 0.29) is 11.4 Å². The third-order valence-corrected chi connectivity index (χ3v) is 3.96. The highest BCUT2D eigenvalue weighted by molar-refractivity contribution is 5.80. The summed E-state index contributed by atoms with van der Waals surface area (Å²) in [6.07, 6.45) is 3.65. The fourth-order valence-electron chi connectivity index (χ4n) is 2.49. The molecule has 0 unspecified atom stereocenters. The number of nitrogens with one attached hydrogen (secondary N) is 1. The summed E-state index contributed by atoms with van der Waals surface area (Å²) in [7, 11) is 0. The highest BCUT2D eigenvalue weighted by Crippen LogP contribution is 2.30. The van der Waals surface area contributed by atoms with Crippen molar-refractivity contribution in [2.45, 2.75) is 45.1 Å². The molecule has 0 heterocycles. The van der Waals surface area contributed by atoms with Gasteiger partial charge in [-0.05, 0) is 44.2 Å². The fraction of sp³-hybridized carbons (Fsp3) is 0.533. The van der Waals surface area contributed by atoms with E-state index in [1.165, 1.54) is 17.5 Å². The van der Waals surface area contributed by atoms with E-state index >= 15 is 0 Å². The van der Waals surface area contributed by atoms with E-state index in [1.54, 1.807) is 0 Å². The molecular weight excluding hydrogens is 224 g/mol. The zero-order valence-electron chi connectivity index (χ0n) is 11.3. The summed E-state index contributed by atoms with van der Waals surface area (Å²) in [5, 5.41) is 3.11. The van der Waals surface area contributed by atoms with E-state index in [9.17, 15) is 4.79 Å². The fourth-order valence-corrected chi connectivity index (χ4v) is 2.49. The average molecular weight is 246 g/mol. The predicted octanol–water partition coefficient (Wildman–Crippen LogP) is 1.84. The molecule has 1 saturated carbocycles. The average Bonchev–Trinajstić information content (AvgIpc) is 2.28. The Kier molecular flexibility index (Phi) is 3.71. The first-order chi connectivity index (χ1) is 8.54. The number of rotatable bonds is 4. The molecule has 0 saturated heterocycles. The maximum atomic E-state index is 12.1. The number of benzene rings is 1. The summed E-state index contributed by atoms with van der Waals surface area (Å²) in [4.78, 5) is 12.1. The van der Waals surface area contributed by atoms with Gasteiger partial charge in [0.25, 0.3) is 0 Å². The van der Waals surface area contributed by atoms with Crippen LogP contribution in [0, 0.1) is 13.8 Å². The topological polar surface area (TPSA) is 55.1 Å². The second-order valence-corrected chi connectivity index (χ2v) is 5.49. The van der Waals surface area contributed by atoms with Crippen molar-refractivity contribution < 1.29 is 4.79 Å². The Morgan fingerprint density at radius 3 is 2.67 bits per heavy atom. The minimum Gasteiger partial charge on any atom is -0.349 e. The zero-order valence-corrected chi connectivity index (χ0v) is 11.3. The molecule has 1 aromatic carbocycles. The molecule has 0 atom stereocenters. The molecule has 3 N–H and O–H groups in total. The Labute approximate surface area is 109 Å². The van der Waals surface area contributed by atoms with Crippen molar-refractivity contribution in [1.82, 2.24) is 5.32 Å². The van der Waals surface area contributed by atoms with Crippen LogP contribution in [0.2, 0.25) is 0 Å². The van der Waals surface area contributed by atoms with Gasteiger partial charge in [-0.1, -0.05) is 23.8 Å². The van der Waals surface area contributed by atoms with Crippen molar-refractivity contribution in [2.24, 2.45) is 5.73 Å². The minimum absolute atomic E-state index is 0.0915. The first-order valence-corrected chi connectivity index (χ1v) is 6.62. The van der Waals surface area contributed by atoms with E-state index in [0.717, 1.165) is 18.4 Å². The lowest BCUT2D eigenvalue weighted by atomic mass is 9.76. The van der Waals surface area contributed by atoms with Crippen molar-refractivity contribution in [3.63, 3.8) is 0 Å². The standard InChI is InChI=1S/C15H22N2O/c1-11-4-5-12(2)13(8-11)9-14(18)17-15(10-16)6-3-7-15/h4-5,8H,3,6-7,9-10,16H2,1-2H3,(H,17,18). The SMILES string of the molecule is Cc1ccc(C)c(CC(=O)NC2(CN)CCC2)c1. The van der Waals surface area contributed by atoms with Crippen LogP contribution in [0.25, 0.3) is 0 Å². The Morgan fingerprint density at radius 2 is 2.11 bits per heavy atom. The van der Waals surface area contributed by atoms with Crippen LogP contribution < -0.4 is 11.1 Å². The van der Waals surface area contributed by atoms with Crippen LogP contribution in [0.3, 0.4) is 0 Å². The molecule has 1 aliphatic rings.